The SMILES string of the molecule is O=C(O)NC1CCN2c3ccc(-c4cc(F)cc(OC(F)F)c4)cc3N(S(=O)(=O)c3cccc(C(F)(F)F)c3)C[C@@H]2C1. The van der Waals surface area contributed by atoms with Crippen LogP contribution in [0.1, 0.15) is 18.4 Å². The lowest BCUT2D eigenvalue weighted by atomic mass is 9.93. The minimum absolute atomic E-state index is 0.0754. The largest absolute Gasteiger partial charge is 0.465 e. The molecule has 0 bridgehead atoms. The predicted molar refractivity (Wildman–Crippen MR) is 140 cm³/mol. The number of sulfonamides is 1. The summed E-state index contributed by atoms with van der Waals surface area (Å²) in [6.07, 6.45) is -5.42. The number of fused-ring (bicyclic) bond motifs is 3. The highest BCUT2D eigenvalue weighted by Gasteiger charge is 2.41. The van der Waals surface area contributed by atoms with E-state index in [-0.39, 0.29) is 29.8 Å². The van der Waals surface area contributed by atoms with Crippen LogP contribution in [0.2, 0.25) is 0 Å². The molecule has 0 saturated carbocycles. The zero-order chi connectivity index (χ0) is 30.4. The summed E-state index contributed by atoms with van der Waals surface area (Å²) in [6, 6.07) is 9.70. The van der Waals surface area contributed by atoms with E-state index in [4.69, 9.17) is 5.11 Å². The van der Waals surface area contributed by atoms with E-state index in [9.17, 15) is 39.6 Å². The van der Waals surface area contributed by atoms with Crippen molar-refractivity contribution in [3.05, 3.63) is 72.0 Å². The molecule has 0 aliphatic carbocycles. The summed E-state index contributed by atoms with van der Waals surface area (Å²) in [7, 11) is -4.61. The van der Waals surface area contributed by atoms with Gasteiger partial charge in [-0.1, -0.05) is 12.1 Å². The van der Waals surface area contributed by atoms with Crippen molar-refractivity contribution in [2.24, 2.45) is 0 Å². The first-order chi connectivity index (χ1) is 19.7. The summed E-state index contributed by atoms with van der Waals surface area (Å²) in [5.41, 5.74) is -0.356. The number of halogens is 6. The fourth-order valence-corrected chi connectivity index (χ4v) is 6.92. The molecule has 3 aromatic rings. The van der Waals surface area contributed by atoms with Gasteiger partial charge in [0.1, 0.15) is 11.6 Å². The van der Waals surface area contributed by atoms with Crippen LogP contribution < -0.4 is 19.3 Å². The molecule has 224 valence electrons. The minimum atomic E-state index is -4.80. The van der Waals surface area contributed by atoms with Gasteiger partial charge in [-0.2, -0.15) is 22.0 Å². The number of ether oxygens (including phenoxy) is 1. The van der Waals surface area contributed by atoms with E-state index in [2.05, 4.69) is 10.1 Å². The molecule has 42 heavy (non-hydrogen) atoms. The van der Waals surface area contributed by atoms with Gasteiger partial charge >= 0.3 is 18.9 Å². The number of hydrogen-bond donors (Lipinski definition) is 2. The molecule has 2 heterocycles. The van der Waals surface area contributed by atoms with Crippen molar-refractivity contribution >= 4 is 27.5 Å². The first-order valence-electron chi connectivity index (χ1n) is 12.6. The fraction of sp³-hybridized carbons (Fsp3) is 0.296. The van der Waals surface area contributed by atoms with Gasteiger partial charge in [0.2, 0.25) is 0 Å². The van der Waals surface area contributed by atoms with Gasteiger partial charge in [0, 0.05) is 24.7 Å². The summed E-state index contributed by atoms with van der Waals surface area (Å²) in [6.45, 7) is -3.10. The van der Waals surface area contributed by atoms with E-state index < -0.39 is 63.0 Å². The van der Waals surface area contributed by atoms with Crippen molar-refractivity contribution in [2.45, 2.75) is 42.6 Å². The number of alkyl halides is 5. The van der Waals surface area contributed by atoms with E-state index in [0.717, 1.165) is 40.7 Å². The van der Waals surface area contributed by atoms with Gasteiger partial charge in [0.15, 0.2) is 0 Å². The van der Waals surface area contributed by atoms with Crippen LogP contribution in [0.15, 0.2) is 65.6 Å². The van der Waals surface area contributed by atoms with Crippen LogP contribution in [-0.2, 0) is 16.2 Å². The van der Waals surface area contributed by atoms with Crippen molar-refractivity contribution in [3.63, 3.8) is 0 Å². The average Bonchev–Trinajstić information content (AvgIpc) is 2.90. The number of piperidine rings is 1. The van der Waals surface area contributed by atoms with Crippen LogP contribution in [-0.4, -0.2) is 51.4 Å². The molecule has 2 aliphatic heterocycles. The van der Waals surface area contributed by atoms with Crippen LogP contribution in [0.5, 0.6) is 5.75 Å². The highest BCUT2D eigenvalue weighted by Crippen LogP contribution is 2.44. The van der Waals surface area contributed by atoms with Crippen LogP contribution in [0.3, 0.4) is 0 Å². The smallest absolute Gasteiger partial charge is 0.416 e. The molecule has 2 aliphatic rings. The number of anilines is 2. The normalized spacial score (nSPS) is 18.8. The van der Waals surface area contributed by atoms with Gasteiger partial charge in [-0.3, -0.25) is 4.31 Å². The van der Waals surface area contributed by atoms with Gasteiger partial charge in [-0.05, 0) is 66.4 Å². The van der Waals surface area contributed by atoms with Crippen molar-refractivity contribution in [1.29, 1.82) is 0 Å². The molecule has 2 N–H and O–H groups in total. The van der Waals surface area contributed by atoms with E-state index in [0.29, 0.717) is 24.7 Å². The monoisotopic (exact) mass is 615 g/mol. The lowest BCUT2D eigenvalue weighted by molar-refractivity contribution is -0.137. The molecule has 2 atom stereocenters. The second kappa shape index (κ2) is 10.9. The van der Waals surface area contributed by atoms with Gasteiger partial charge in [0.05, 0.1) is 28.4 Å². The van der Waals surface area contributed by atoms with Gasteiger partial charge in [-0.15, -0.1) is 0 Å². The number of amides is 1. The molecule has 1 fully saturated rings. The van der Waals surface area contributed by atoms with Crippen LogP contribution in [0.4, 0.5) is 42.5 Å². The summed E-state index contributed by atoms with van der Waals surface area (Å²) in [5.74, 6) is -1.35. The summed E-state index contributed by atoms with van der Waals surface area (Å²) in [5, 5.41) is 11.6. The molecule has 1 saturated heterocycles. The molecular weight excluding hydrogens is 592 g/mol. The Labute approximate surface area is 236 Å². The van der Waals surface area contributed by atoms with Crippen LogP contribution in [0, 0.1) is 5.82 Å². The van der Waals surface area contributed by atoms with Gasteiger partial charge in [0.25, 0.3) is 10.0 Å². The standard InChI is InChI=1S/C27H23F6N3O5S/c28-18-8-16(9-21(12-18)41-25(29)30)15-4-5-23-24(10-15)36(14-20-13-19(34-26(37)38)6-7-35(20)23)42(39,40)22-3-1-2-17(11-22)27(31,32)33/h1-5,8-12,19-20,25,34H,6-7,13-14H2,(H,37,38)/t19?,20-/m0/s1. The molecule has 0 radical (unpaired) electrons. The summed E-state index contributed by atoms with van der Waals surface area (Å²) >= 11 is 0. The van der Waals surface area contributed by atoms with Crippen LogP contribution in [0.25, 0.3) is 11.1 Å². The summed E-state index contributed by atoms with van der Waals surface area (Å²) in [4.78, 5) is 12.5. The number of hydrogen-bond acceptors (Lipinski definition) is 5. The first-order valence-corrected chi connectivity index (χ1v) is 14.0. The minimum Gasteiger partial charge on any atom is -0.465 e. The Balaban J connectivity index is 1.62. The maximum Gasteiger partial charge on any atom is 0.416 e. The molecule has 8 nitrogen and oxygen atoms in total. The number of benzene rings is 3. The molecule has 15 heteroatoms. The Morgan fingerprint density at radius 3 is 2.48 bits per heavy atom. The maximum absolute atomic E-state index is 14.3. The highest BCUT2D eigenvalue weighted by atomic mass is 32.2. The molecule has 1 unspecified atom stereocenters. The number of carbonyl (C=O) groups is 1. The Bertz CT molecular complexity index is 1620. The van der Waals surface area contributed by atoms with Crippen molar-refractivity contribution in [2.75, 3.05) is 22.3 Å². The lowest BCUT2D eigenvalue weighted by Gasteiger charge is -2.48. The predicted octanol–water partition coefficient (Wildman–Crippen LogP) is 5.93. The first kappa shape index (κ1) is 29.4. The zero-order valence-corrected chi connectivity index (χ0v) is 22.3. The van der Waals surface area contributed by atoms with Gasteiger partial charge in [-0.25, -0.2) is 17.6 Å². The number of nitrogens with zero attached hydrogens (tertiary/aromatic N) is 2. The Kier molecular flexibility index (Phi) is 7.64. The highest BCUT2D eigenvalue weighted by molar-refractivity contribution is 7.92. The van der Waals surface area contributed by atoms with E-state index in [1.165, 1.54) is 12.1 Å². The van der Waals surface area contributed by atoms with E-state index in [1.807, 2.05) is 4.90 Å². The topological polar surface area (TPSA) is 99.2 Å². The number of carboxylic acid groups (broad SMARTS) is 1. The maximum atomic E-state index is 14.3. The van der Waals surface area contributed by atoms with Crippen molar-refractivity contribution in [1.82, 2.24) is 5.32 Å². The average molecular weight is 616 g/mol. The lowest BCUT2D eigenvalue weighted by Crippen LogP contribution is -2.57. The van der Waals surface area contributed by atoms with Crippen molar-refractivity contribution < 1.29 is 49.4 Å². The molecule has 3 aromatic carbocycles. The quantitative estimate of drug-likeness (QED) is 0.334. The van der Waals surface area contributed by atoms with Gasteiger partial charge < -0.3 is 20.1 Å². The number of nitrogens with one attached hydrogen (secondary N) is 1. The summed E-state index contributed by atoms with van der Waals surface area (Å²) < 4.78 is 113. The van der Waals surface area contributed by atoms with E-state index in [1.54, 1.807) is 6.07 Å². The Morgan fingerprint density at radius 2 is 1.79 bits per heavy atom. The third-order valence-corrected chi connectivity index (χ3v) is 8.93. The van der Waals surface area contributed by atoms with Crippen molar-refractivity contribution in [3.8, 4) is 16.9 Å². The fourth-order valence-electron chi connectivity index (χ4n) is 5.37. The zero-order valence-electron chi connectivity index (χ0n) is 21.5. The van der Waals surface area contributed by atoms with Crippen LogP contribution >= 0.6 is 0 Å². The molecule has 0 aromatic heterocycles. The Morgan fingerprint density at radius 1 is 1.02 bits per heavy atom. The third kappa shape index (κ3) is 5.91. The molecule has 0 spiro atoms. The molecular formula is C27H23F6N3O5S. The molecule has 1 amide bonds. The third-order valence-electron chi connectivity index (χ3n) is 7.15. The molecule has 5 rings (SSSR count). The second-order valence-electron chi connectivity index (χ2n) is 9.84. The number of rotatable bonds is 6. The second-order valence-corrected chi connectivity index (χ2v) is 11.7. The Hall–Kier alpha value is -4.14. The van der Waals surface area contributed by atoms with E-state index >= 15 is 0 Å².